The highest BCUT2D eigenvalue weighted by Gasteiger charge is 2.19. The van der Waals surface area contributed by atoms with E-state index in [1.807, 2.05) is 0 Å². The molecule has 0 fully saturated rings. The molecule has 1 aromatic heterocycles. The van der Waals surface area contributed by atoms with Crippen molar-refractivity contribution in [3.8, 4) is 0 Å². The topological polar surface area (TPSA) is 46.9 Å². The first kappa shape index (κ1) is 14.7. The lowest BCUT2D eigenvalue weighted by molar-refractivity contribution is -0.118. The van der Waals surface area contributed by atoms with E-state index >= 15 is 0 Å². The summed E-state index contributed by atoms with van der Waals surface area (Å²) in [5.41, 5.74) is 0.409. The Labute approximate surface area is 119 Å². The van der Waals surface area contributed by atoms with E-state index in [2.05, 4.69) is 10.3 Å². The maximum absolute atomic E-state index is 14.0. The number of nitrogens with zero attached hydrogens (tertiary/aromatic N) is 2. The SMILES string of the molecule is CC(=O)NCCn1c(C(C)Cl)nc2ccc(F)c(F)c21. The molecule has 0 aliphatic carbocycles. The number of amides is 1. The van der Waals surface area contributed by atoms with Crippen LogP contribution in [0.1, 0.15) is 25.0 Å². The lowest BCUT2D eigenvalue weighted by Crippen LogP contribution is -2.25. The predicted molar refractivity (Wildman–Crippen MR) is 72.6 cm³/mol. The van der Waals surface area contributed by atoms with Gasteiger partial charge in [-0.15, -0.1) is 11.6 Å². The number of hydrogen-bond donors (Lipinski definition) is 1. The average Bonchev–Trinajstić information content (AvgIpc) is 2.73. The first-order valence-corrected chi connectivity index (χ1v) is 6.58. The third kappa shape index (κ3) is 2.75. The van der Waals surface area contributed by atoms with Gasteiger partial charge in [0.15, 0.2) is 11.6 Å². The van der Waals surface area contributed by atoms with Crippen LogP contribution in [0, 0.1) is 11.6 Å². The van der Waals surface area contributed by atoms with Gasteiger partial charge in [-0.05, 0) is 19.1 Å². The van der Waals surface area contributed by atoms with E-state index < -0.39 is 17.0 Å². The number of carbonyl (C=O) groups is 1. The lowest BCUT2D eigenvalue weighted by atomic mass is 10.3. The summed E-state index contributed by atoms with van der Waals surface area (Å²) in [6.07, 6.45) is 0. The number of imidazole rings is 1. The fraction of sp³-hybridized carbons (Fsp3) is 0.385. The van der Waals surface area contributed by atoms with E-state index in [1.165, 1.54) is 17.6 Å². The quantitative estimate of drug-likeness (QED) is 0.883. The second kappa shape index (κ2) is 5.75. The minimum atomic E-state index is -0.957. The van der Waals surface area contributed by atoms with Gasteiger partial charge in [-0.3, -0.25) is 4.79 Å². The molecule has 0 saturated heterocycles. The van der Waals surface area contributed by atoms with Gasteiger partial charge >= 0.3 is 0 Å². The molecule has 0 aliphatic rings. The summed E-state index contributed by atoms with van der Waals surface area (Å²) in [6.45, 7) is 3.64. The van der Waals surface area contributed by atoms with E-state index in [9.17, 15) is 13.6 Å². The highest BCUT2D eigenvalue weighted by Crippen LogP contribution is 2.27. The van der Waals surface area contributed by atoms with Crippen molar-refractivity contribution in [3.05, 3.63) is 29.6 Å². The summed E-state index contributed by atoms with van der Waals surface area (Å²) in [6, 6.07) is 2.44. The summed E-state index contributed by atoms with van der Waals surface area (Å²) < 4.78 is 28.8. The molecular weight excluding hydrogens is 288 g/mol. The Morgan fingerprint density at radius 1 is 1.50 bits per heavy atom. The smallest absolute Gasteiger partial charge is 0.216 e. The molecule has 108 valence electrons. The molecular formula is C13H14ClF2N3O. The van der Waals surface area contributed by atoms with E-state index in [0.29, 0.717) is 11.3 Å². The first-order valence-electron chi connectivity index (χ1n) is 6.14. The minimum absolute atomic E-state index is 0.0675. The summed E-state index contributed by atoms with van der Waals surface area (Å²) >= 11 is 6.03. The van der Waals surface area contributed by atoms with Crippen molar-refractivity contribution in [2.45, 2.75) is 25.8 Å². The number of alkyl halides is 1. The second-order valence-electron chi connectivity index (χ2n) is 4.45. The summed E-state index contributed by atoms with van der Waals surface area (Å²) in [7, 11) is 0. The summed E-state index contributed by atoms with van der Waals surface area (Å²) in [4.78, 5) is 15.1. The number of carbonyl (C=O) groups excluding carboxylic acids is 1. The maximum atomic E-state index is 14.0. The highest BCUT2D eigenvalue weighted by molar-refractivity contribution is 6.20. The Balaban J connectivity index is 2.49. The van der Waals surface area contributed by atoms with Crippen molar-refractivity contribution in [1.29, 1.82) is 0 Å². The molecule has 0 radical (unpaired) electrons. The van der Waals surface area contributed by atoms with Gasteiger partial charge in [0.05, 0.1) is 10.9 Å². The Bertz CT molecular complexity index is 655. The van der Waals surface area contributed by atoms with Gasteiger partial charge in [-0.1, -0.05) is 0 Å². The molecule has 1 unspecified atom stereocenters. The number of aromatic nitrogens is 2. The van der Waals surface area contributed by atoms with Gasteiger partial charge in [0.25, 0.3) is 0 Å². The predicted octanol–water partition coefficient (Wildman–Crippen LogP) is 2.75. The van der Waals surface area contributed by atoms with Crippen molar-refractivity contribution in [2.24, 2.45) is 0 Å². The highest BCUT2D eigenvalue weighted by atomic mass is 35.5. The third-order valence-electron chi connectivity index (χ3n) is 2.89. The third-order valence-corrected chi connectivity index (χ3v) is 3.09. The van der Waals surface area contributed by atoms with E-state index in [-0.39, 0.29) is 24.5 Å². The van der Waals surface area contributed by atoms with Crippen LogP contribution in [0.5, 0.6) is 0 Å². The van der Waals surface area contributed by atoms with Gasteiger partial charge in [-0.2, -0.15) is 0 Å². The Morgan fingerprint density at radius 2 is 2.20 bits per heavy atom. The molecule has 2 rings (SSSR count). The van der Waals surface area contributed by atoms with Crippen molar-refractivity contribution in [2.75, 3.05) is 6.54 Å². The zero-order chi connectivity index (χ0) is 14.9. The molecule has 0 bridgehead atoms. The maximum Gasteiger partial charge on any atom is 0.216 e. The Kier molecular flexibility index (Phi) is 4.23. The van der Waals surface area contributed by atoms with Crippen LogP contribution < -0.4 is 5.32 Å². The Hall–Kier alpha value is -1.69. The first-order chi connectivity index (χ1) is 9.41. The Morgan fingerprint density at radius 3 is 2.80 bits per heavy atom. The number of fused-ring (bicyclic) bond motifs is 1. The zero-order valence-corrected chi connectivity index (χ0v) is 11.8. The van der Waals surface area contributed by atoms with Crippen LogP contribution in [0.15, 0.2) is 12.1 Å². The van der Waals surface area contributed by atoms with Crippen molar-refractivity contribution in [1.82, 2.24) is 14.9 Å². The number of rotatable bonds is 4. The van der Waals surface area contributed by atoms with Gasteiger partial charge in [0, 0.05) is 20.0 Å². The van der Waals surface area contributed by atoms with Gasteiger partial charge in [0.1, 0.15) is 11.3 Å². The van der Waals surface area contributed by atoms with Crippen LogP contribution in [0.3, 0.4) is 0 Å². The van der Waals surface area contributed by atoms with Crippen LogP contribution >= 0.6 is 11.6 Å². The summed E-state index contributed by atoms with van der Waals surface area (Å²) in [5.74, 6) is -1.65. The lowest BCUT2D eigenvalue weighted by Gasteiger charge is -2.11. The van der Waals surface area contributed by atoms with Crippen LogP contribution in [0.4, 0.5) is 8.78 Å². The molecule has 7 heteroatoms. The monoisotopic (exact) mass is 301 g/mol. The van der Waals surface area contributed by atoms with Crippen LogP contribution in [0.25, 0.3) is 11.0 Å². The molecule has 0 spiro atoms. The minimum Gasteiger partial charge on any atom is -0.355 e. The molecule has 0 saturated carbocycles. The van der Waals surface area contributed by atoms with E-state index in [4.69, 9.17) is 11.6 Å². The second-order valence-corrected chi connectivity index (χ2v) is 5.10. The number of benzene rings is 1. The van der Waals surface area contributed by atoms with Gasteiger partial charge in [-0.25, -0.2) is 13.8 Å². The standard InChI is InChI=1S/C13H14ClF2N3O/c1-7(14)13-18-10-4-3-9(15)11(16)12(10)19(13)6-5-17-8(2)20/h3-4,7H,5-6H2,1-2H3,(H,17,20). The molecule has 0 aliphatic heterocycles. The molecule has 1 heterocycles. The molecule has 1 N–H and O–H groups in total. The van der Waals surface area contributed by atoms with Gasteiger partial charge in [0.2, 0.25) is 5.91 Å². The fourth-order valence-corrected chi connectivity index (χ4v) is 2.22. The van der Waals surface area contributed by atoms with Crippen LogP contribution in [-0.2, 0) is 11.3 Å². The van der Waals surface area contributed by atoms with Crippen molar-refractivity contribution < 1.29 is 13.6 Å². The summed E-state index contributed by atoms with van der Waals surface area (Å²) in [5, 5.41) is 2.15. The van der Waals surface area contributed by atoms with Crippen molar-refractivity contribution in [3.63, 3.8) is 0 Å². The largest absolute Gasteiger partial charge is 0.355 e. The fourth-order valence-electron chi connectivity index (χ4n) is 2.05. The normalized spacial score (nSPS) is 12.7. The molecule has 1 atom stereocenters. The van der Waals surface area contributed by atoms with E-state index in [0.717, 1.165) is 6.07 Å². The van der Waals surface area contributed by atoms with Crippen LogP contribution in [-0.4, -0.2) is 22.0 Å². The average molecular weight is 302 g/mol. The number of nitrogens with one attached hydrogen (secondary N) is 1. The molecule has 2 aromatic rings. The number of halogens is 3. The van der Waals surface area contributed by atoms with Crippen molar-refractivity contribution >= 4 is 28.5 Å². The number of hydrogen-bond acceptors (Lipinski definition) is 2. The van der Waals surface area contributed by atoms with E-state index in [1.54, 1.807) is 6.92 Å². The molecule has 1 aromatic carbocycles. The molecule has 20 heavy (non-hydrogen) atoms. The van der Waals surface area contributed by atoms with Gasteiger partial charge < -0.3 is 9.88 Å². The van der Waals surface area contributed by atoms with Crippen LogP contribution in [0.2, 0.25) is 0 Å². The molecule has 4 nitrogen and oxygen atoms in total. The zero-order valence-electron chi connectivity index (χ0n) is 11.1. The molecule has 1 amide bonds.